The fourth-order valence-electron chi connectivity index (χ4n) is 5.02. The van der Waals surface area contributed by atoms with Crippen molar-refractivity contribution in [2.24, 2.45) is 0 Å². The standard InChI is InChI=1S/C33H44N6O2/c1-5-9-19-38(20-10-6-2)32-35-31(36-33(37-32)39(21-11-7-3)22-12-8-4)34-24-17-18-27-28(23-24)30(41)26-16-14-13-15-25(26)29(27)40/h13-18,23H,5-12,19-22H2,1-4H3,(H,34,35,36,37). The Morgan fingerprint density at radius 2 is 1.02 bits per heavy atom. The number of benzene rings is 2. The van der Waals surface area contributed by atoms with E-state index in [4.69, 9.17) is 15.0 Å². The summed E-state index contributed by atoms with van der Waals surface area (Å²) >= 11 is 0. The number of hydrogen-bond acceptors (Lipinski definition) is 8. The van der Waals surface area contributed by atoms with Gasteiger partial charge in [-0.1, -0.05) is 77.6 Å². The summed E-state index contributed by atoms with van der Waals surface area (Å²) in [5.41, 5.74) is 2.38. The molecule has 0 spiro atoms. The molecule has 0 saturated heterocycles. The zero-order chi connectivity index (χ0) is 29.2. The molecule has 0 aliphatic heterocycles. The number of ketones is 2. The summed E-state index contributed by atoms with van der Waals surface area (Å²) in [6.07, 6.45) is 8.62. The van der Waals surface area contributed by atoms with Gasteiger partial charge in [0.15, 0.2) is 11.6 Å². The van der Waals surface area contributed by atoms with Gasteiger partial charge < -0.3 is 15.1 Å². The smallest absolute Gasteiger partial charge is 0.233 e. The molecule has 1 aliphatic carbocycles. The molecule has 1 aromatic heterocycles. The van der Waals surface area contributed by atoms with Crippen LogP contribution in [-0.2, 0) is 0 Å². The van der Waals surface area contributed by atoms with E-state index < -0.39 is 0 Å². The van der Waals surface area contributed by atoms with Crippen molar-refractivity contribution in [1.82, 2.24) is 15.0 Å². The fraction of sp³-hybridized carbons (Fsp3) is 0.485. The predicted molar refractivity (Wildman–Crippen MR) is 167 cm³/mol. The van der Waals surface area contributed by atoms with Crippen molar-refractivity contribution >= 4 is 35.1 Å². The number of unbranched alkanes of at least 4 members (excludes halogenated alkanes) is 4. The van der Waals surface area contributed by atoms with Crippen LogP contribution in [0.25, 0.3) is 0 Å². The molecule has 41 heavy (non-hydrogen) atoms. The third-order valence-corrected chi connectivity index (χ3v) is 7.49. The summed E-state index contributed by atoms with van der Waals surface area (Å²) in [6.45, 7) is 12.3. The molecule has 218 valence electrons. The van der Waals surface area contributed by atoms with E-state index in [0.717, 1.165) is 77.5 Å². The summed E-state index contributed by atoms with van der Waals surface area (Å²) in [5.74, 6) is 1.52. The maximum Gasteiger partial charge on any atom is 0.233 e. The van der Waals surface area contributed by atoms with Gasteiger partial charge in [-0.15, -0.1) is 0 Å². The van der Waals surface area contributed by atoms with Crippen LogP contribution in [0.1, 0.15) is 111 Å². The highest BCUT2D eigenvalue weighted by atomic mass is 16.1. The fourth-order valence-corrected chi connectivity index (χ4v) is 5.02. The zero-order valence-electron chi connectivity index (χ0n) is 25.1. The molecule has 1 N–H and O–H groups in total. The van der Waals surface area contributed by atoms with Gasteiger partial charge in [-0.3, -0.25) is 9.59 Å². The van der Waals surface area contributed by atoms with Crippen molar-refractivity contribution in [3.8, 4) is 0 Å². The highest BCUT2D eigenvalue weighted by Crippen LogP contribution is 2.30. The molecule has 8 nitrogen and oxygen atoms in total. The number of carbonyl (C=O) groups excluding carboxylic acids is 2. The van der Waals surface area contributed by atoms with E-state index in [9.17, 15) is 9.59 Å². The Kier molecular flexibility index (Phi) is 10.8. The monoisotopic (exact) mass is 556 g/mol. The van der Waals surface area contributed by atoms with E-state index >= 15 is 0 Å². The maximum absolute atomic E-state index is 13.3. The number of aromatic nitrogens is 3. The molecule has 0 bridgehead atoms. The second-order valence-electron chi connectivity index (χ2n) is 10.7. The van der Waals surface area contributed by atoms with Crippen molar-refractivity contribution < 1.29 is 9.59 Å². The summed E-state index contributed by atoms with van der Waals surface area (Å²) in [4.78, 5) is 45.7. The van der Waals surface area contributed by atoms with Gasteiger partial charge in [0.25, 0.3) is 0 Å². The van der Waals surface area contributed by atoms with E-state index in [2.05, 4.69) is 42.8 Å². The quantitative estimate of drug-likeness (QED) is 0.155. The number of carbonyl (C=O) groups is 2. The number of hydrogen-bond donors (Lipinski definition) is 1. The van der Waals surface area contributed by atoms with E-state index in [-0.39, 0.29) is 11.6 Å². The van der Waals surface area contributed by atoms with Crippen LogP contribution >= 0.6 is 0 Å². The lowest BCUT2D eigenvalue weighted by Crippen LogP contribution is -2.31. The first kappa shape index (κ1) is 30.2. The van der Waals surface area contributed by atoms with Crippen molar-refractivity contribution in [1.29, 1.82) is 0 Å². The lowest BCUT2D eigenvalue weighted by Gasteiger charge is -2.27. The Morgan fingerprint density at radius 3 is 1.49 bits per heavy atom. The van der Waals surface area contributed by atoms with Gasteiger partial charge in [0.05, 0.1) is 0 Å². The molecule has 2 aromatic carbocycles. The number of fused-ring (bicyclic) bond motifs is 2. The highest BCUT2D eigenvalue weighted by Gasteiger charge is 2.29. The molecule has 0 atom stereocenters. The number of nitrogens with zero attached hydrogens (tertiary/aromatic N) is 5. The van der Waals surface area contributed by atoms with Crippen molar-refractivity contribution in [2.75, 3.05) is 41.3 Å². The Hall–Kier alpha value is -3.81. The first-order valence-electron chi connectivity index (χ1n) is 15.4. The van der Waals surface area contributed by atoms with Gasteiger partial charge in [0.2, 0.25) is 17.8 Å². The van der Waals surface area contributed by atoms with Gasteiger partial charge >= 0.3 is 0 Å². The zero-order valence-corrected chi connectivity index (χ0v) is 25.1. The van der Waals surface area contributed by atoms with E-state index in [1.54, 1.807) is 36.4 Å². The molecule has 0 radical (unpaired) electrons. The highest BCUT2D eigenvalue weighted by molar-refractivity contribution is 6.28. The molecule has 3 aromatic rings. The van der Waals surface area contributed by atoms with Crippen molar-refractivity contribution in [3.05, 3.63) is 64.7 Å². The summed E-state index contributed by atoms with van der Waals surface area (Å²) in [5, 5.41) is 3.35. The molecule has 0 saturated carbocycles. The number of nitrogens with one attached hydrogen (secondary N) is 1. The Labute approximate surface area is 244 Å². The number of anilines is 4. The first-order chi connectivity index (χ1) is 20.0. The number of rotatable bonds is 16. The van der Waals surface area contributed by atoms with E-state index in [1.807, 2.05) is 6.07 Å². The van der Waals surface area contributed by atoms with Crippen molar-refractivity contribution in [3.63, 3.8) is 0 Å². The summed E-state index contributed by atoms with van der Waals surface area (Å²) < 4.78 is 0. The van der Waals surface area contributed by atoms with Crippen LogP contribution in [-0.4, -0.2) is 52.7 Å². The molecule has 0 unspecified atom stereocenters. The van der Waals surface area contributed by atoms with Crippen LogP contribution < -0.4 is 15.1 Å². The Balaban J connectivity index is 1.71. The summed E-state index contributed by atoms with van der Waals surface area (Å²) in [6, 6.07) is 12.3. The molecule has 0 fully saturated rings. The molecular weight excluding hydrogens is 512 g/mol. The van der Waals surface area contributed by atoms with Gasteiger partial charge in [-0.25, -0.2) is 0 Å². The molecule has 1 heterocycles. The van der Waals surface area contributed by atoms with Gasteiger partial charge in [-0.05, 0) is 43.9 Å². The lowest BCUT2D eigenvalue weighted by molar-refractivity contribution is 0.0979. The van der Waals surface area contributed by atoms with Crippen LogP contribution in [0.2, 0.25) is 0 Å². The average molecular weight is 557 g/mol. The first-order valence-corrected chi connectivity index (χ1v) is 15.4. The van der Waals surface area contributed by atoms with Crippen LogP contribution in [0.4, 0.5) is 23.5 Å². The second-order valence-corrected chi connectivity index (χ2v) is 10.7. The van der Waals surface area contributed by atoms with E-state index in [1.165, 1.54) is 0 Å². The molecule has 0 amide bonds. The maximum atomic E-state index is 13.3. The minimum atomic E-state index is -0.147. The lowest BCUT2D eigenvalue weighted by atomic mass is 9.84. The third kappa shape index (κ3) is 7.29. The Morgan fingerprint density at radius 1 is 0.585 bits per heavy atom. The second kappa shape index (κ2) is 14.7. The van der Waals surface area contributed by atoms with Crippen LogP contribution in [0.15, 0.2) is 42.5 Å². The third-order valence-electron chi connectivity index (χ3n) is 7.49. The molecule has 1 aliphatic rings. The normalized spacial score (nSPS) is 12.2. The van der Waals surface area contributed by atoms with Gasteiger partial charge in [0, 0.05) is 54.1 Å². The van der Waals surface area contributed by atoms with Gasteiger partial charge in [-0.2, -0.15) is 15.0 Å². The van der Waals surface area contributed by atoms with Crippen LogP contribution in [0.3, 0.4) is 0 Å². The van der Waals surface area contributed by atoms with Crippen LogP contribution in [0, 0.1) is 0 Å². The summed E-state index contributed by atoms with van der Waals surface area (Å²) in [7, 11) is 0. The Bertz CT molecular complexity index is 1290. The molecule has 8 heteroatoms. The molecular formula is C33H44N6O2. The SMILES string of the molecule is CCCCN(CCCC)c1nc(Nc2ccc3c(c2)C(=O)c2ccccc2C3=O)nc(N(CCCC)CCCC)n1. The average Bonchev–Trinajstić information content (AvgIpc) is 3.00. The van der Waals surface area contributed by atoms with Gasteiger partial charge in [0.1, 0.15) is 0 Å². The van der Waals surface area contributed by atoms with Crippen LogP contribution in [0.5, 0.6) is 0 Å². The van der Waals surface area contributed by atoms with E-state index in [0.29, 0.717) is 45.8 Å². The van der Waals surface area contributed by atoms with Crippen molar-refractivity contribution in [2.45, 2.75) is 79.1 Å². The molecule has 4 rings (SSSR count). The largest absolute Gasteiger partial charge is 0.341 e. The minimum absolute atomic E-state index is 0.128. The predicted octanol–water partition coefficient (Wildman–Crippen LogP) is 7.20. The minimum Gasteiger partial charge on any atom is -0.341 e. The topological polar surface area (TPSA) is 91.3 Å².